The van der Waals surface area contributed by atoms with E-state index in [1.165, 1.54) is 11.3 Å². The normalized spacial score (nSPS) is 16.3. The highest BCUT2D eigenvalue weighted by atomic mass is 15.2. The molecule has 4 heteroatoms. The number of piperazine rings is 1. The smallest absolute Gasteiger partial charge is 0.0436 e. The minimum atomic E-state index is 0.487. The Morgan fingerprint density at radius 1 is 1.28 bits per heavy atom. The van der Waals surface area contributed by atoms with Gasteiger partial charge in [0.2, 0.25) is 0 Å². The molecule has 0 bridgehead atoms. The number of nitrogen functional groups attached to an aromatic ring is 1. The molecule has 0 aromatic heterocycles. The van der Waals surface area contributed by atoms with Crippen molar-refractivity contribution in [3.63, 3.8) is 0 Å². The summed E-state index contributed by atoms with van der Waals surface area (Å²) in [7, 11) is 0. The van der Waals surface area contributed by atoms with Crippen LogP contribution in [0.3, 0.4) is 0 Å². The first-order valence-electron chi connectivity index (χ1n) is 6.71. The monoisotopic (exact) mass is 248 g/mol. The molecule has 1 saturated heterocycles. The van der Waals surface area contributed by atoms with Gasteiger partial charge in [-0.1, -0.05) is 13.8 Å². The molecular formula is C14H24N4. The largest absolute Gasteiger partial charge is 0.398 e. The Morgan fingerprint density at radius 3 is 2.50 bits per heavy atom. The molecule has 18 heavy (non-hydrogen) atoms. The fourth-order valence-electron chi connectivity index (χ4n) is 2.44. The minimum absolute atomic E-state index is 0.487. The van der Waals surface area contributed by atoms with Gasteiger partial charge in [0.25, 0.3) is 0 Å². The molecule has 1 aliphatic heterocycles. The molecule has 0 saturated carbocycles. The summed E-state index contributed by atoms with van der Waals surface area (Å²) in [6.45, 7) is 8.98. The zero-order valence-electron chi connectivity index (χ0n) is 11.4. The first kappa shape index (κ1) is 13.2. The second kappa shape index (κ2) is 5.59. The van der Waals surface area contributed by atoms with Gasteiger partial charge in [-0.2, -0.15) is 0 Å². The van der Waals surface area contributed by atoms with Crippen molar-refractivity contribution in [2.45, 2.75) is 26.3 Å². The molecule has 0 amide bonds. The summed E-state index contributed by atoms with van der Waals surface area (Å²) < 4.78 is 0. The Kier molecular flexibility index (Phi) is 4.09. The zero-order valence-corrected chi connectivity index (χ0v) is 11.4. The van der Waals surface area contributed by atoms with Gasteiger partial charge in [0.1, 0.15) is 0 Å². The van der Waals surface area contributed by atoms with Crippen LogP contribution in [0.5, 0.6) is 0 Å². The van der Waals surface area contributed by atoms with Crippen molar-refractivity contribution in [1.82, 2.24) is 5.32 Å². The van der Waals surface area contributed by atoms with Crippen molar-refractivity contribution >= 4 is 11.4 Å². The van der Waals surface area contributed by atoms with Gasteiger partial charge in [-0.3, -0.25) is 0 Å². The predicted molar refractivity (Wildman–Crippen MR) is 77.9 cm³/mol. The molecule has 1 fully saturated rings. The molecular weight excluding hydrogens is 224 g/mol. The van der Waals surface area contributed by atoms with Gasteiger partial charge in [0, 0.05) is 49.7 Å². The van der Waals surface area contributed by atoms with E-state index in [1.807, 2.05) is 0 Å². The van der Waals surface area contributed by atoms with Crippen LogP contribution in [-0.2, 0) is 6.54 Å². The standard InChI is InChI=1S/C14H24N4/c1-10(2)11-7-13(16)12(9-15)14(8-11)18-5-3-17-4-6-18/h7-8,10,17H,3-6,9,15-16H2,1-2H3. The molecule has 0 aliphatic carbocycles. The van der Waals surface area contributed by atoms with E-state index in [4.69, 9.17) is 11.5 Å². The molecule has 0 atom stereocenters. The molecule has 0 unspecified atom stereocenters. The van der Waals surface area contributed by atoms with Gasteiger partial charge in [-0.25, -0.2) is 0 Å². The number of nitrogens with two attached hydrogens (primary N) is 2. The molecule has 2 rings (SSSR count). The maximum atomic E-state index is 6.15. The van der Waals surface area contributed by atoms with Crippen LogP contribution < -0.4 is 21.7 Å². The fourth-order valence-corrected chi connectivity index (χ4v) is 2.44. The number of rotatable bonds is 3. The van der Waals surface area contributed by atoms with E-state index >= 15 is 0 Å². The average molecular weight is 248 g/mol. The van der Waals surface area contributed by atoms with Crippen LogP contribution in [0.15, 0.2) is 12.1 Å². The predicted octanol–water partition coefficient (Wildman–Crippen LogP) is 1.26. The van der Waals surface area contributed by atoms with Crippen LogP contribution in [0.4, 0.5) is 11.4 Å². The zero-order chi connectivity index (χ0) is 13.1. The number of hydrogen-bond acceptors (Lipinski definition) is 4. The van der Waals surface area contributed by atoms with Crippen LogP contribution in [0.2, 0.25) is 0 Å². The highest BCUT2D eigenvalue weighted by Gasteiger charge is 2.17. The van der Waals surface area contributed by atoms with E-state index in [0.717, 1.165) is 37.4 Å². The first-order chi connectivity index (χ1) is 8.63. The summed E-state index contributed by atoms with van der Waals surface area (Å²) in [6.07, 6.45) is 0. The van der Waals surface area contributed by atoms with E-state index in [0.29, 0.717) is 12.5 Å². The van der Waals surface area contributed by atoms with Gasteiger partial charge in [0.05, 0.1) is 0 Å². The van der Waals surface area contributed by atoms with Crippen molar-refractivity contribution < 1.29 is 0 Å². The number of benzene rings is 1. The average Bonchev–Trinajstić information content (AvgIpc) is 2.38. The minimum Gasteiger partial charge on any atom is -0.398 e. The highest BCUT2D eigenvalue weighted by molar-refractivity contribution is 5.67. The number of nitrogens with one attached hydrogen (secondary N) is 1. The van der Waals surface area contributed by atoms with Gasteiger partial charge >= 0.3 is 0 Å². The van der Waals surface area contributed by atoms with Crippen molar-refractivity contribution in [3.8, 4) is 0 Å². The van der Waals surface area contributed by atoms with Crippen molar-refractivity contribution in [2.75, 3.05) is 36.8 Å². The van der Waals surface area contributed by atoms with E-state index in [1.54, 1.807) is 0 Å². The van der Waals surface area contributed by atoms with Gasteiger partial charge in [-0.15, -0.1) is 0 Å². The molecule has 4 nitrogen and oxygen atoms in total. The summed E-state index contributed by atoms with van der Waals surface area (Å²) in [4.78, 5) is 2.39. The summed E-state index contributed by atoms with van der Waals surface area (Å²) in [5.41, 5.74) is 16.4. The highest BCUT2D eigenvalue weighted by Crippen LogP contribution is 2.31. The Balaban J connectivity index is 2.41. The number of anilines is 2. The van der Waals surface area contributed by atoms with E-state index in [2.05, 4.69) is 36.2 Å². The number of hydrogen-bond donors (Lipinski definition) is 3. The van der Waals surface area contributed by atoms with Crippen LogP contribution in [0, 0.1) is 0 Å². The SMILES string of the molecule is CC(C)c1cc(N)c(CN)c(N2CCNCC2)c1. The molecule has 0 radical (unpaired) electrons. The van der Waals surface area contributed by atoms with Crippen molar-refractivity contribution in [2.24, 2.45) is 5.73 Å². The van der Waals surface area contributed by atoms with Crippen molar-refractivity contribution in [3.05, 3.63) is 23.3 Å². The van der Waals surface area contributed by atoms with Gasteiger partial charge < -0.3 is 21.7 Å². The maximum absolute atomic E-state index is 6.15. The van der Waals surface area contributed by atoms with Crippen LogP contribution in [-0.4, -0.2) is 26.2 Å². The lowest BCUT2D eigenvalue weighted by molar-refractivity contribution is 0.587. The lowest BCUT2D eigenvalue weighted by atomic mass is 9.97. The van der Waals surface area contributed by atoms with E-state index < -0.39 is 0 Å². The first-order valence-corrected chi connectivity index (χ1v) is 6.71. The van der Waals surface area contributed by atoms with Crippen LogP contribution in [0.25, 0.3) is 0 Å². The molecule has 100 valence electrons. The van der Waals surface area contributed by atoms with Crippen molar-refractivity contribution in [1.29, 1.82) is 0 Å². The second-order valence-corrected chi connectivity index (χ2v) is 5.20. The maximum Gasteiger partial charge on any atom is 0.0436 e. The molecule has 1 aliphatic rings. The van der Waals surface area contributed by atoms with Gasteiger partial charge in [-0.05, 0) is 23.6 Å². The third-order valence-corrected chi connectivity index (χ3v) is 3.61. The number of nitrogens with zero attached hydrogens (tertiary/aromatic N) is 1. The molecule has 1 heterocycles. The van der Waals surface area contributed by atoms with E-state index in [9.17, 15) is 0 Å². The molecule has 1 aromatic rings. The topological polar surface area (TPSA) is 67.3 Å². The third-order valence-electron chi connectivity index (χ3n) is 3.61. The summed E-state index contributed by atoms with van der Waals surface area (Å²) in [6, 6.07) is 4.33. The lowest BCUT2D eigenvalue weighted by Crippen LogP contribution is -2.44. The fraction of sp³-hybridized carbons (Fsp3) is 0.571. The summed E-state index contributed by atoms with van der Waals surface area (Å²) in [5.74, 6) is 0.487. The Labute approximate surface area is 109 Å². The molecule has 0 spiro atoms. The quantitative estimate of drug-likeness (QED) is 0.705. The van der Waals surface area contributed by atoms with E-state index in [-0.39, 0.29) is 0 Å². The summed E-state index contributed by atoms with van der Waals surface area (Å²) in [5, 5.41) is 3.37. The second-order valence-electron chi connectivity index (χ2n) is 5.20. The third kappa shape index (κ3) is 2.60. The summed E-state index contributed by atoms with van der Waals surface area (Å²) >= 11 is 0. The van der Waals surface area contributed by atoms with Crippen LogP contribution in [0.1, 0.15) is 30.9 Å². The van der Waals surface area contributed by atoms with Gasteiger partial charge in [0.15, 0.2) is 0 Å². The Bertz CT molecular complexity index is 409. The lowest BCUT2D eigenvalue weighted by Gasteiger charge is -2.32. The van der Waals surface area contributed by atoms with Crippen LogP contribution >= 0.6 is 0 Å². The molecule has 1 aromatic carbocycles. The Morgan fingerprint density at radius 2 is 1.94 bits per heavy atom. The molecule has 5 N–H and O–H groups in total. The Hall–Kier alpha value is -1.26.